The number of nitrogens with one attached hydrogen (secondary N) is 1. The summed E-state index contributed by atoms with van der Waals surface area (Å²) in [5.41, 5.74) is 0.523. The first kappa shape index (κ1) is 12.5. The molecule has 0 fully saturated rings. The van der Waals surface area contributed by atoms with Gasteiger partial charge in [0.25, 0.3) is 0 Å². The van der Waals surface area contributed by atoms with Crippen molar-refractivity contribution in [3.63, 3.8) is 0 Å². The molecule has 2 aromatic rings. The highest BCUT2D eigenvalue weighted by Crippen LogP contribution is 2.28. The predicted molar refractivity (Wildman–Crippen MR) is 69.4 cm³/mol. The van der Waals surface area contributed by atoms with E-state index >= 15 is 0 Å². The molecule has 2 rings (SSSR count). The molecule has 1 aromatic heterocycles. The Morgan fingerprint density at radius 2 is 2.06 bits per heavy atom. The third-order valence-electron chi connectivity index (χ3n) is 1.90. The summed E-state index contributed by atoms with van der Waals surface area (Å²) >= 11 is 14.8. The van der Waals surface area contributed by atoms with Gasteiger partial charge in [-0.1, -0.05) is 27.5 Å². The third-order valence-corrected chi connectivity index (χ3v) is 2.90. The molecule has 3 nitrogen and oxygen atoms in total. The molecule has 88 valence electrons. The van der Waals surface area contributed by atoms with Crippen LogP contribution in [-0.2, 0) is 0 Å². The molecule has 0 bridgehead atoms. The van der Waals surface area contributed by atoms with Crippen LogP contribution < -0.4 is 5.32 Å². The Labute approximate surface area is 115 Å². The lowest BCUT2D eigenvalue weighted by atomic mass is 10.3. The second-order valence-electron chi connectivity index (χ2n) is 3.08. The Morgan fingerprint density at radius 1 is 1.29 bits per heavy atom. The van der Waals surface area contributed by atoms with E-state index in [0.29, 0.717) is 10.7 Å². The average molecular weight is 337 g/mol. The maximum Gasteiger partial charge on any atom is 0.224 e. The van der Waals surface area contributed by atoms with Crippen LogP contribution in [0.25, 0.3) is 0 Å². The lowest BCUT2D eigenvalue weighted by Gasteiger charge is -2.08. The second-order valence-corrected chi connectivity index (χ2v) is 4.75. The molecule has 1 heterocycles. The number of halogens is 4. The van der Waals surface area contributed by atoms with E-state index in [1.165, 1.54) is 0 Å². The summed E-state index contributed by atoms with van der Waals surface area (Å²) in [6, 6.07) is 5.16. The van der Waals surface area contributed by atoms with Crippen LogP contribution in [0.15, 0.2) is 28.9 Å². The molecule has 0 aliphatic carbocycles. The third kappa shape index (κ3) is 3.06. The minimum absolute atomic E-state index is 0.0231. The number of rotatable bonds is 2. The van der Waals surface area contributed by atoms with E-state index in [2.05, 4.69) is 31.2 Å². The maximum absolute atomic E-state index is 13.4. The van der Waals surface area contributed by atoms with Gasteiger partial charge in [-0.25, -0.2) is 9.37 Å². The maximum atomic E-state index is 13.4. The summed E-state index contributed by atoms with van der Waals surface area (Å²) in [5.74, 6) is -0.629. The highest BCUT2D eigenvalue weighted by molar-refractivity contribution is 9.10. The van der Waals surface area contributed by atoms with Gasteiger partial charge in [-0.2, -0.15) is 4.98 Å². The van der Waals surface area contributed by atoms with Gasteiger partial charge in [0.1, 0.15) is 0 Å². The number of aromatic nitrogens is 2. The van der Waals surface area contributed by atoms with Crippen LogP contribution in [0.2, 0.25) is 10.3 Å². The molecule has 7 heteroatoms. The van der Waals surface area contributed by atoms with Crippen molar-refractivity contribution in [1.29, 1.82) is 0 Å². The van der Waals surface area contributed by atoms with E-state index in [9.17, 15) is 4.39 Å². The van der Waals surface area contributed by atoms with Gasteiger partial charge in [-0.3, -0.25) is 0 Å². The Balaban J connectivity index is 2.37. The molecule has 17 heavy (non-hydrogen) atoms. The van der Waals surface area contributed by atoms with Crippen molar-refractivity contribution in [2.45, 2.75) is 0 Å². The quantitative estimate of drug-likeness (QED) is 0.824. The molecule has 0 atom stereocenters. The van der Waals surface area contributed by atoms with Crippen LogP contribution in [0.4, 0.5) is 15.9 Å². The van der Waals surface area contributed by atoms with E-state index in [4.69, 9.17) is 23.2 Å². The fourth-order valence-electron chi connectivity index (χ4n) is 1.15. The van der Waals surface area contributed by atoms with Crippen LogP contribution in [0.1, 0.15) is 0 Å². The van der Waals surface area contributed by atoms with Gasteiger partial charge in [0.15, 0.2) is 11.6 Å². The summed E-state index contributed by atoms with van der Waals surface area (Å²) in [5, 5.41) is 3.15. The largest absolute Gasteiger partial charge is 0.336 e. The molecule has 0 unspecified atom stereocenters. The summed E-state index contributed by atoms with van der Waals surface area (Å²) in [6.07, 6.45) is 0.990. The lowest BCUT2D eigenvalue weighted by molar-refractivity contribution is 0.619. The van der Waals surface area contributed by atoms with Crippen LogP contribution in [0.5, 0.6) is 0 Å². The fraction of sp³-hybridized carbons (Fsp3) is 0. The van der Waals surface area contributed by atoms with Gasteiger partial charge in [0.2, 0.25) is 5.28 Å². The normalized spacial score (nSPS) is 10.4. The smallest absolute Gasteiger partial charge is 0.224 e. The van der Waals surface area contributed by atoms with E-state index in [1.807, 2.05) is 0 Å². The predicted octanol–water partition coefficient (Wildman–Crippen LogP) is 4.43. The van der Waals surface area contributed by atoms with E-state index in [1.54, 1.807) is 18.2 Å². The molecule has 1 aromatic carbocycles. The first-order valence-corrected chi connectivity index (χ1v) is 6.01. The molecule has 0 saturated carbocycles. The Kier molecular flexibility index (Phi) is 3.81. The Morgan fingerprint density at radius 3 is 2.82 bits per heavy atom. The van der Waals surface area contributed by atoms with Gasteiger partial charge >= 0.3 is 0 Å². The molecule has 0 saturated heterocycles. The highest BCUT2D eigenvalue weighted by atomic mass is 79.9. The van der Waals surface area contributed by atoms with Gasteiger partial charge in [0.05, 0.1) is 16.9 Å². The number of hydrogen-bond donors (Lipinski definition) is 1. The first-order valence-electron chi connectivity index (χ1n) is 4.46. The van der Waals surface area contributed by atoms with Crippen molar-refractivity contribution >= 4 is 50.6 Å². The van der Waals surface area contributed by atoms with Crippen molar-refractivity contribution in [2.75, 3.05) is 5.32 Å². The number of anilines is 2. The molecule has 0 radical (unpaired) electrons. The van der Waals surface area contributed by atoms with Crippen LogP contribution in [-0.4, -0.2) is 9.97 Å². The summed E-state index contributed by atoms with van der Waals surface area (Å²) in [6.45, 7) is 0. The zero-order chi connectivity index (χ0) is 12.4. The molecule has 0 amide bonds. The topological polar surface area (TPSA) is 37.8 Å². The summed E-state index contributed by atoms with van der Waals surface area (Å²) in [7, 11) is 0. The highest BCUT2D eigenvalue weighted by Gasteiger charge is 2.08. The van der Waals surface area contributed by atoms with Crippen LogP contribution in [0.3, 0.4) is 0 Å². The first-order chi connectivity index (χ1) is 8.06. The number of benzene rings is 1. The molecule has 0 aliphatic heterocycles. The van der Waals surface area contributed by atoms with Gasteiger partial charge in [-0.15, -0.1) is 0 Å². The van der Waals surface area contributed by atoms with Crippen molar-refractivity contribution in [3.8, 4) is 0 Å². The molecule has 1 N–H and O–H groups in total. The minimum atomic E-state index is -0.606. The van der Waals surface area contributed by atoms with Crippen molar-refractivity contribution in [1.82, 2.24) is 9.97 Å². The molecular weight excluding hydrogens is 332 g/mol. The van der Waals surface area contributed by atoms with Gasteiger partial charge < -0.3 is 5.32 Å². The van der Waals surface area contributed by atoms with Crippen LogP contribution in [0, 0.1) is 5.82 Å². The minimum Gasteiger partial charge on any atom is -0.336 e. The van der Waals surface area contributed by atoms with Gasteiger partial charge in [0, 0.05) is 4.47 Å². The summed E-state index contributed by atoms with van der Waals surface area (Å²) in [4.78, 5) is 7.25. The standard InChI is InChI=1S/C10H5BrCl2FN3/c11-5-1-2-6(12)8(3-5)16-9-7(14)4-15-10(13)17-9/h1-4H,(H,15,16,17). The van der Waals surface area contributed by atoms with Crippen LogP contribution >= 0.6 is 39.1 Å². The Hall–Kier alpha value is -0.910. The monoisotopic (exact) mass is 335 g/mol. The Bertz CT molecular complexity index is 516. The van der Waals surface area contributed by atoms with E-state index in [0.717, 1.165) is 10.7 Å². The molecule has 0 spiro atoms. The zero-order valence-corrected chi connectivity index (χ0v) is 11.3. The van der Waals surface area contributed by atoms with Crippen molar-refractivity contribution in [2.24, 2.45) is 0 Å². The van der Waals surface area contributed by atoms with E-state index in [-0.39, 0.29) is 11.1 Å². The lowest BCUT2D eigenvalue weighted by Crippen LogP contribution is -1.99. The van der Waals surface area contributed by atoms with Crippen molar-refractivity contribution < 1.29 is 4.39 Å². The van der Waals surface area contributed by atoms with Gasteiger partial charge in [-0.05, 0) is 29.8 Å². The summed E-state index contributed by atoms with van der Waals surface area (Å²) < 4.78 is 14.2. The SMILES string of the molecule is Fc1cnc(Cl)nc1Nc1cc(Br)ccc1Cl. The number of hydrogen-bond acceptors (Lipinski definition) is 3. The second kappa shape index (κ2) is 5.16. The fourth-order valence-corrected chi connectivity index (χ4v) is 1.81. The number of nitrogens with zero attached hydrogens (tertiary/aromatic N) is 2. The average Bonchev–Trinajstić information content (AvgIpc) is 2.28. The molecular formula is C10H5BrCl2FN3. The zero-order valence-electron chi connectivity index (χ0n) is 8.22. The van der Waals surface area contributed by atoms with Crippen molar-refractivity contribution in [3.05, 3.63) is 45.0 Å². The molecule has 0 aliphatic rings. The van der Waals surface area contributed by atoms with E-state index < -0.39 is 5.82 Å².